The zero-order valence-electron chi connectivity index (χ0n) is 9.67. The number of aromatic nitrogens is 2. The minimum atomic E-state index is 0.504. The highest BCUT2D eigenvalue weighted by molar-refractivity contribution is 6.29. The summed E-state index contributed by atoms with van der Waals surface area (Å²) in [6.45, 7) is 2.91. The Balaban J connectivity index is 2.18. The van der Waals surface area contributed by atoms with E-state index in [-0.39, 0.29) is 0 Å². The van der Waals surface area contributed by atoms with E-state index in [0.717, 1.165) is 18.2 Å². The van der Waals surface area contributed by atoms with E-state index in [1.807, 2.05) is 0 Å². The van der Waals surface area contributed by atoms with Crippen LogP contribution in [0.15, 0.2) is 6.07 Å². The summed E-state index contributed by atoms with van der Waals surface area (Å²) in [6, 6.07) is 1.79. The molecular weight excluding hydrogens is 222 g/mol. The van der Waals surface area contributed by atoms with E-state index in [1.165, 1.54) is 32.1 Å². The van der Waals surface area contributed by atoms with E-state index in [9.17, 15) is 0 Å². The molecule has 0 bridgehead atoms. The molecule has 1 fully saturated rings. The summed E-state index contributed by atoms with van der Waals surface area (Å²) in [4.78, 5) is 8.89. The molecule has 0 amide bonds. The lowest BCUT2D eigenvalue weighted by atomic mass is 9.89. The van der Waals surface area contributed by atoms with E-state index in [2.05, 4.69) is 22.2 Å². The quantitative estimate of drug-likeness (QED) is 0.819. The normalized spacial score (nSPS) is 17.4. The molecule has 1 saturated carbocycles. The number of rotatable bonds is 3. The fourth-order valence-electron chi connectivity index (χ4n) is 2.25. The third kappa shape index (κ3) is 2.85. The second-order valence-corrected chi connectivity index (χ2v) is 4.69. The molecule has 1 N–H and O–H groups in total. The summed E-state index contributed by atoms with van der Waals surface area (Å²) in [5.41, 5.74) is 0. The van der Waals surface area contributed by atoms with Gasteiger partial charge in [-0.3, -0.25) is 0 Å². The fourth-order valence-corrected chi connectivity index (χ4v) is 2.44. The Labute approximate surface area is 102 Å². The van der Waals surface area contributed by atoms with Gasteiger partial charge in [0.05, 0.1) is 0 Å². The van der Waals surface area contributed by atoms with Gasteiger partial charge in [-0.2, -0.15) is 0 Å². The van der Waals surface area contributed by atoms with Gasteiger partial charge < -0.3 is 5.32 Å². The third-order valence-corrected chi connectivity index (χ3v) is 3.23. The maximum Gasteiger partial charge on any atom is 0.135 e. The average Bonchev–Trinajstić information content (AvgIpc) is 2.30. The number of nitrogens with zero attached hydrogens (tertiary/aromatic N) is 2. The standard InChI is InChI=1S/C12H18ClN3/c1-2-14-11-8-10(13)15-12(16-11)9-6-4-3-5-7-9/h8-9H,2-7H2,1H3,(H,14,15,16). The van der Waals surface area contributed by atoms with Gasteiger partial charge in [0.2, 0.25) is 0 Å². The Morgan fingerprint density at radius 2 is 2.06 bits per heavy atom. The Bertz CT molecular complexity index is 348. The zero-order chi connectivity index (χ0) is 11.4. The molecule has 0 spiro atoms. The fraction of sp³-hybridized carbons (Fsp3) is 0.667. The van der Waals surface area contributed by atoms with Crippen molar-refractivity contribution in [2.45, 2.75) is 44.9 Å². The molecule has 2 rings (SSSR count). The summed E-state index contributed by atoms with van der Waals surface area (Å²) in [5.74, 6) is 2.27. The lowest BCUT2D eigenvalue weighted by Gasteiger charge is -2.20. The lowest BCUT2D eigenvalue weighted by molar-refractivity contribution is 0.429. The molecule has 1 aliphatic carbocycles. The molecule has 1 aromatic heterocycles. The maximum absolute atomic E-state index is 6.01. The van der Waals surface area contributed by atoms with Crippen molar-refractivity contribution in [1.29, 1.82) is 0 Å². The number of hydrogen-bond donors (Lipinski definition) is 1. The first kappa shape index (κ1) is 11.6. The molecule has 0 atom stereocenters. The highest BCUT2D eigenvalue weighted by atomic mass is 35.5. The van der Waals surface area contributed by atoms with Crippen molar-refractivity contribution >= 4 is 17.4 Å². The van der Waals surface area contributed by atoms with Gasteiger partial charge in [0.15, 0.2) is 0 Å². The van der Waals surface area contributed by atoms with Gasteiger partial charge in [-0.1, -0.05) is 30.9 Å². The molecular formula is C12H18ClN3. The minimum absolute atomic E-state index is 0.504. The SMILES string of the molecule is CCNc1cc(Cl)nc(C2CCCCC2)n1. The van der Waals surface area contributed by atoms with Crippen molar-refractivity contribution in [2.75, 3.05) is 11.9 Å². The van der Waals surface area contributed by atoms with Crippen LogP contribution in [-0.2, 0) is 0 Å². The van der Waals surface area contributed by atoms with Crippen LogP contribution < -0.4 is 5.32 Å². The minimum Gasteiger partial charge on any atom is -0.370 e. The Morgan fingerprint density at radius 3 is 2.75 bits per heavy atom. The van der Waals surface area contributed by atoms with E-state index in [1.54, 1.807) is 6.07 Å². The van der Waals surface area contributed by atoms with Crippen LogP contribution in [0, 0.1) is 0 Å². The number of nitrogens with one attached hydrogen (secondary N) is 1. The predicted molar refractivity (Wildman–Crippen MR) is 67.0 cm³/mol. The smallest absolute Gasteiger partial charge is 0.135 e. The first-order valence-corrected chi connectivity index (χ1v) is 6.45. The van der Waals surface area contributed by atoms with E-state index in [4.69, 9.17) is 11.6 Å². The molecule has 16 heavy (non-hydrogen) atoms. The molecule has 0 aliphatic heterocycles. The molecule has 0 saturated heterocycles. The zero-order valence-corrected chi connectivity index (χ0v) is 10.4. The molecule has 0 radical (unpaired) electrons. The molecule has 1 heterocycles. The Morgan fingerprint density at radius 1 is 1.31 bits per heavy atom. The van der Waals surface area contributed by atoms with Gasteiger partial charge in [0.1, 0.15) is 16.8 Å². The summed E-state index contributed by atoms with van der Waals surface area (Å²) in [5, 5.41) is 3.74. The number of hydrogen-bond acceptors (Lipinski definition) is 3. The summed E-state index contributed by atoms with van der Waals surface area (Å²) in [6.07, 6.45) is 6.32. The molecule has 88 valence electrons. The second-order valence-electron chi connectivity index (χ2n) is 4.30. The van der Waals surface area contributed by atoms with E-state index < -0.39 is 0 Å². The molecule has 1 aromatic rings. The Kier molecular flexibility index (Phi) is 3.99. The van der Waals surface area contributed by atoms with Crippen LogP contribution in [0.3, 0.4) is 0 Å². The number of halogens is 1. The van der Waals surface area contributed by atoms with Crippen molar-refractivity contribution in [1.82, 2.24) is 9.97 Å². The van der Waals surface area contributed by atoms with Gasteiger partial charge >= 0.3 is 0 Å². The summed E-state index contributed by atoms with van der Waals surface area (Å²) < 4.78 is 0. The highest BCUT2D eigenvalue weighted by Crippen LogP contribution is 2.31. The first-order chi connectivity index (χ1) is 7.79. The van der Waals surface area contributed by atoms with Crippen molar-refractivity contribution in [3.63, 3.8) is 0 Å². The predicted octanol–water partition coefficient (Wildman–Crippen LogP) is 3.61. The van der Waals surface area contributed by atoms with Gasteiger partial charge in [-0.25, -0.2) is 9.97 Å². The van der Waals surface area contributed by atoms with Crippen LogP contribution in [-0.4, -0.2) is 16.5 Å². The monoisotopic (exact) mass is 239 g/mol. The van der Waals surface area contributed by atoms with Crippen molar-refractivity contribution in [3.8, 4) is 0 Å². The highest BCUT2D eigenvalue weighted by Gasteiger charge is 2.19. The molecule has 1 aliphatic rings. The molecule has 3 nitrogen and oxygen atoms in total. The average molecular weight is 240 g/mol. The molecule has 4 heteroatoms. The summed E-state index contributed by atoms with van der Waals surface area (Å²) >= 11 is 6.01. The van der Waals surface area contributed by atoms with Crippen LogP contribution in [0.4, 0.5) is 5.82 Å². The lowest BCUT2D eigenvalue weighted by Crippen LogP contribution is -2.11. The van der Waals surface area contributed by atoms with E-state index in [0.29, 0.717) is 11.1 Å². The van der Waals surface area contributed by atoms with Gasteiger partial charge in [0, 0.05) is 18.5 Å². The van der Waals surface area contributed by atoms with Crippen molar-refractivity contribution in [2.24, 2.45) is 0 Å². The largest absolute Gasteiger partial charge is 0.370 e. The molecule has 0 aromatic carbocycles. The first-order valence-electron chi connectivity index (χ1n) is 6.08. The molecule has 0 unspecified atom stereocenters. The van der Waals surface area contributed by atoms with Crippen LogP contribution in [0.5, 0.6) is 0 Å². The maximum atomic E-state index is 6.01. The van der Waals surface area contributed by atoms with E-state index >= 15 is 0 Å². The van der Waals surface area contributed by atoms with Crippen LogP contribution >= 0.6 is 11.6 Å². The topological polar surface area (TPSA) is 37.8 Å². The van der Waals surface area contributed by atoms with Crippen LogP contribution in [0.25, 0.3) is 0 Å². The Hall–Kier alpha value is -0.830. The second kappa shape index (κ2) is 5.48. The van der Waals surface area contributed by atoms with Crippen LogP contribution in [0.1, 0.15) is 50.8 Å². The van der Waals surface area contributed by atoms with Crippen molar-refractivity contribution in [3.05, 3.63) is 17.0 Å². The van der Waals surface area contributed by atoms with Gasteiger partial charge in [-0.05, 0) is 19.8 Å². The van der Waals surface area contributed by atoms with Crippen molar-refractivity contribution < 1.29 is 0 Å². The third-order valence-electron chi connectivity index (χ3n) is 3.04. The van der Waals surface area contributed by atoms with Gasteiger partial charge in [0.25, 0.3) is 0 Å². The van der Waals surface area contributed by atoms with Gasteiger partial charge in [-0.15, -0.1) is 0 Å². The van der Waals surface area contributed by atoms with Crippen LogP contribution in [0.2, 0.25) is 5.15 Å². The summed E-state index contributed by atoms with van der Waals surface area (Å²) in [7, 11) is 0. The number of anilines is 1.